The smallest absolute Gasteiger partial charge is 0.164 e. The van der Waals surface area contributed by atoms with E-state index in [-0.39, 0.29) is 18.9 Å². The van der Waals surface area contributed by atoms with Gasteiger partial charge in [0.2, 0.25) is 0 Å². The lowest BCUT2D eigenvalue weighted by Crippen LogP contribution is -2.70. The lowest BCUT2D eigenvalue weighted by molar-refractivity contribution is -0.236. The van der Waals surface area contributed by atoms with Crippen LogP contribution < -0.4 is 0 Å². The SMILES string of the molecule is CN(C)/N=C(/CO)[C@@]12OC(C)(C)O[C@@H]1C[C@H]1[C@@H]3CCC4=C/C(=N/OCCc5ccc(Br)s5)C=C[C@]4(C)[C@@]3(F)[C@@H](O)C[C@@]12C. The predicted molar refractivity (Wildman–Crippen MR) is 169 cm³/mol. The number of halogens is 2. The summed E-state index contributed by atoms with van der Waals surface area (Å²) in [6.07, 6.45) is 6.70. The summed E-state index contributed by atoms with van der Waals surface area (Å²) in [6, 6.07) is 4.09. The van der Waals surface area contributed by atoms with E-state index in [1.165, 1.54) is 4.88 Å². The summed E-state index contributed by atoms with van der Waals surface area (Å²) in [5, 5.41) is 33.2. The Hall–Kier alpha value is -1.63. The van der Waals surface area contributed by atoms with Crippen molar-refractivity contribution in [2.45, 2.75) is 89.1 Å². The molecule has 2 heterocycles. The van der Waals surface area contributed by atoms with E-state index in [0.717, 1.165) is 15.8 Å². The number of fused-ring (bicyclic) bond motifs is 7. The van der Waals surface area contributed by atoms with Gasteiger partial charge in [0, 0.05) is 42.1 Å². The van der Waals surface area contributed by atoms with Gasteiger partial charge in [-0.1, -0.05) is 23.7 Å². The van der Waals surface area contributed by atoms with Gasteiger partial charge in [-0.25, -0.2) is 4.39 Å². The van der Waals surface area contributed by atoms with Crippen LogP contribution in [0.1, 0.15) is 58.3 Å². The second-order valence-electron chi connectivity index (χ2n) is 13.8. The van der Waals surface area contributed by atoms with Gasteiger partial charge in [0.25, 0.3) is 0 Å². The van der Waals surface area contributed by atoms with Crippen molar-refractivity contribution < 1.29 is 28.9 Å². The number of rotatable bonds is 7. The van der Waals surface area contributed by atoms with Crippen molar-refractivity contribution in [3.05, 3.63) is 44.6 Å². The lowest BCUT2D eigenvalue weighted by atomic mass is 9.44. The molecule has 0 aromatic carbocycles. The zero-order valence-electron chi connectivity index (χ0n) is 25.8. The maximum atomic E-state index is 17.9. The molecule has 4 aliphatic carbocycles. The molecule has 0 spiro atoms. The minimum atomic E-state index is -1.90. The molecule has 1 aromatic rings. The first kappa shape index (κ1) is 31.4. The van der Waals surface area contributed by atoms with Crippen LogP contribution in [0, 0.1) is 22.7 Å². The first-order chi connectivity index (χ1) is 20.2. The molecule has 0 radical (unpaired) electrons. The fraction of sp³-hybridized carbons (Fsp3) is 0.688. The second-order valence-corrected chi connectivity index (χ2v) is 16.3. The van der Waals surface area contributed by atoms with E-state index in [9.17, 15) is 10.2 Å². The third kappa shape index (κ3) is 4.62. The highest BCUT2D eigenvalue weighted by atomic mass is 79.9. The molecule has 8 atom stereocenters. The second kappa shape index (κ2) is 10.7. The highest BCUT2D eigenvalue weighted by Gasteiger charge is 2.79. The van der Waals surface area contributed by atoms with Crippen LogP contribution in [0.15, 0.2) is 50.0 Å². The number of alkyl halides is 1. The van der Waals surface area contributed by atoms with Gasteiger partial charge in [0.1, 0.15) is 17.9 Å². The summed E-state index contributed by atoms with van der Waals surface area (Å²) in [7, 11) is 3.60. The molecule has 11 heteroatoms. The molecule has 4 fully saturated rings. The number of nitrogens with zero attached hydrogens (tertiary/aromatic N) is 3. The van der Waals surface area contributed by atoms with Crippen LogP contribution in [0.3, 0.4) is 0 Å². The molecular formula is C32H43BrFN3O5S. The first-order valence-electron chi connectivity index (χ1n) is 15.2. The minimum absolute atomic E-state index is 0.150. The van der Waals surface area contributed by atoms with E-state index in [1.54, 1.807) is 30.4 Å². The molecule has 236 valence electrons. The number of ether oxygens (including phenoxy) is 2. The number of aliphatic hydroxyl groups excluding tert-OH is 2. The van der Waals surface area contributed by atoms with Crippen molar-refractivity contribution in [3.8, 4) is 0 Å². The number of allylic oxidation sites excluding steroid dienone is 4. The van der Waals surface area contributed by atoms with Gasteiger partial charge in [-0.3, -0.25) is 0 Å². The zero-order chi connectivity index (χ0) is 31.0. The van der Waals surface area contributed by atoms with E-state index in [0.29, 0.717) is 37.3 Å². The van der Waals surface area contributed by atoms with Gasteiger partial charge in [0.15, 0.2) is 11.5 Å². The van der Waals surface area contributed by atoms with E-state index in [2.05, 4.69) is 39.2 Å². The Bertz CT molecular complexity index is 1390. The third-order valence-corrected chi connectivity index (χ3v) is 12.5. The van der Waals surface area contributed by atoms with Gasteiger partial charge in [0.05, 0.1) is 28.3 Å². The first-order valence-corrected chi connectivity index (χ1v) is 16.8. The van der Waals surface area contributed by atoms with Crippen molar-refractivity contribution >= 4 is 38.7 Å². The van der Waals surface area contributed by atoms with Crippen LogP contribution in [-0.4, -0.2) is 83.2 Å². The molecule has 0 bridgehead atoms. The number of hydrogen-bond acceptors (Lipinski definition) is 9. The summed E-state index contributed by atoms with van der Waals surface area (Å²) in [6.45, 7) is 7.85. The van der Waals surface area contributed by atoms with Crippen molar-refractivity contribution in [1.29, 1.82) is 0 Å². The maximum Gasteiger partial charge on any atom is 0.164 e. The number of hydrogen-bond donors (Lipinski definition) is 2. The summed E-state index contributed by atoms with van der Waals surface area (Å²) in [5.74, 6) is -1.50. The summed E-state index contributed by atoms with van der Waals surface area (Å²) < 4.78 is 32.2. The molecule has 1 aliphatic heterocycles. The number of aliphatic hydroxyl groups is 2. The fourth-order valence-corrected chi connectivity index (χ4v) is 10.6. The molecule has 0 unspecified atom stereocenters. The highest BCUT2D eigenvalue weighted by molar-refractivity contribution is 9.11. The normalized spacial score (nSPS) is 42.2. The average molecular weight is 681 g/mol. The van der Waals surface area contributed by atoms with Gasteiger partial charge < -0.3 is 29.5 Å². The molecule has 1 aromatic heterocycles. The zero-order valence-corrected chi connectivity index (χ0v) is 28.2. The largest absolute Gasteiger partial charge is 0.395 e. The molecule has 43 heavy (non-hydrogen) atoms. The predicted octanol–water partition coefficient (Wildman–Crippen LogP) is 5.64. The van der Waals surface area contributed by atoms with Crippen LogP contribution in [0.2, 0.25) is 0 Å². The van der Waals surface area contributed by atoms with Gasteiger partial charge in [-0.05, 0) is 92.6 Å². The number of hydrazone groups is 1. The molecule has 5 aliphatic rings. The Balaban J connectivity index is 1.29. The van der Waals surface area contributed by atoms with Gasteiger partial charge >= 0.3 is 0 Å². The van der Waals surface area contributed by atoms with Crippen molar-refractivity contribution in [2.75, 3.05) is 27.3 Å². The summed E-state index contributed by atoms with van der Waals surface area (Å²) in [4.78, 5) is 6.84. The quantitative estimate of drug-likeness (QED) is 0.220. The lowest BCUT2D eigenvalue weighted by Gasteiger charge is -2.63. The van der Waals surface area contributed by atoms with E-state index in [4.69, 9.17) is 14.3 Å². The Labute approximate surface area is 265 Å². The van der Waals surface area contributed by atoms with Crippen LogP contribution in [-0.2, 0) is 20.7 Å². The third-order valence-electron chi connectivity index (χ3n) is 10.8. The highest BCUT2D eigenvalue weighted by Crippen LogP contribution is 2.72. The van der Waals surface area contributed by atoms with Crippen LogP contribution >= 0.6 is 27.3 Å². The summed E-state index contributed by atoms with van der Waals surface area (Å²) in [5.41, 5.74) is -2.65. The molecule has 2 N–H and O–H groups in total. The van der Waals surface area contributed by atoms with Crippen molar-refractivity contribution in [1.82, 2.24) is 5.01 Å². The van der Waals surface area contributed by atoms with Crippen molar-refractivity contribution in [2.24, 2.45) is 32.9 Å². The monoisotopic (exact) mass is 679 g/mol. The van der Waals surface area contributed by atoms with Crippen LogP contribution in [0.4, 0.5) is 4.39 Å². The molecule has 0 amide bonds. The number of oxime groups is 1. The Morgan fingerprint density at radius 3 is 2.67 bits per heavy atom. The average Bonchev–Trinajstić information content (AvgIpc) is 3.54. The van der Waals surface area contributed by atoms with E-state index in [1.807, 2.05) is 45.1 Å². The minimum Gasteiger partial charge on any atom is -0.395 e. The van der Waals surface area contributed by atoms with E-state index >= 15 is 4.39 Å². The molecule has 1 saturated heterocycles. The fourth-order valence-electron chi connectivity index (χ4n) is 9.11. The van der Waals surface area contributed by atoms with E-state index < -0.39 is 46.0 Å². The van der Waals surface area contributed by atoms with Crippen molar-refractivity contribution in [3.63, 3.8) is 0 Å². The topological polar surface area (TPSA) is 96.1 Å². The van der Waals surface area contributed by atoms with Crippen LogP contribution in [0.25, 0.3) is 0 Å². The van der Waals surface area contributed by atoms with Crippen LogP contribution in [0.5, 0.6) is 0 Å². The molecule has 8 nitrogen and oxygen atoms in total. The molecule has 6 rings (SSSR count). The standard InChI is InChI=1S/C32H43BrFN3O5S/c1-28(2)41-26-16-23-22-9-7-19-15-20(36-40-14-12-21-8-10-27(33)43-21)11-13-29(19,3)31(22,34)25(39)17-30(23,4)32(26,42-28)24(18-38)35-37(5)6/h8,10-11,13,15,22-23,25-26,38-39H,7,9,12,14,16-18H2,1-6H3/b35-24-,36-20+/t22-,23-,25-,26+,29-,30-,31-,32+/m0/s1. The molecule has 3 saturated carbocycles. The number of thiophene rings is 1. The Kier molecular flexibility index (Phi) is 7.82. The Morgan fingerprint density at radius 2 is 2.00 bits per heavy atom. The maximum absolute atomic E-state index is 17.9. The Morgan fingerprint density at radius 1 is 1.23 bits per heavy atom. The van der Waals surface area contributed by atoms with Gasteiger partial charge in [-0.15, -0.1) is 11.3 Å². The van der Waals surface area contributed by atoms with Gasteiger partial charge in [-0.2, -0.15) is 5.10 Å². The summed E-state index contributed by atoms with van der Waals surface area (Å²) >= 11 is 5.16. The molecular weight excluding hydrogens is 637 g/mol.